The number of halogens is 1. The maximum atomic E-state index is 9.71. The fourth-order valence-electron chi connectivity index (χ4n) is 3.19. The molecule has 3 atom stereocenters. The SMILES string of the molecule is C[C@@H]1CN2C(=N[C@@H](c3ccccn3)[C@H]2c2ccc(O)c(Cl)c2)S1. The Morgan fingerprint density at radius 2 is 2.17 bits per heavy atom. The quantitative estimate of drug-likeness (QED) is 0.892. The second-order valence-corrected chi connectivity index (χ2v) is 7.66. The number of amidine groups is 1. The molecule has 0 unspecified atom stereocenters. The Bertz CT molecular complexity index is 768. The van der Waals surface area contributed by atoms with E-state index in [1.807, 2.05) is 30.3 Å². The molecule has 0 bridgehead atoms. The molecule has 2 aliphatic rings. The summed E-state index contributed by atoms with van der Waals surface area (Å²) < 4.78 is 0. The second kappa shape index (κ2) is 5.73. The topological polar surface area (TPSA) is 48.7 Å². The number of aliphatic imine (C=N–C) groups is 1. The van der Waals surface area contributed by atoms with Crippen molar-refractivity contribution in [2.75, 3.05) is 6.54 Å². The number of phenolic OH excluding ortho intramolecular Hbond substituents is 1. The Balaban J connectivity index is 1.79. The minimum absolute atomic E-state index is 0.0493. The van der Waals surface area contributed by atoms with Crippen LogP contribution in [0.1, 0.15) is 30.3 Å². The van der Waals surface area contributed by atoms with E-state index in [1.165, 1.54) is 0 Å². The number of hydrogen-bond donors (Lipinski definition) is 1. The Hall–Kier alpha value is -1.72. The summed E-state index contributed by atoms with van der Waals surface area (Å²) in [7, 11) is 0. The van der Waals surface area contributed by atoms with E-state index in [-0.39, 0.29) is 17.8 Å². The summed E-state index contributed by atoms with van der Waals surface area (Å²) in [6.45, 7) is 3.16. The van der Waals surface area contributed by atoms with E-state index < -0.39 is 0 Å². The van der Waals surface area contributed by atoms with Crippen LogP contribution in [0.4, 0.5) is 0 Å². The molecule has 6 heteroatoms. The lowest BCUT2D eigenvalue weighted by molar-refractivity contribution is 0.321. The molecule has 2 aromatic rings. The Labute approximate surface area is 144 Å². The third-order valence-corrected chi connectivity index (χ3v) is 5.60. The summed E-state index contributed by atoms with van der Waals surface area (Å²) in [5.74, 6) is 0.105. The molecule has 1 aromatic heterocycles. The van der Waals surface area contributed by atoms with Crippen LogP contribution in [-0.4, -0.2) is 32.0 Å². The molecule has 1 fully saturated rings. The zero-order chi connectivity index (χ0) is 16.0. The summed E-state index contributed by atoms with van der Waals surface area (Å²) in [6, 6.07) is 11.3. The highest BCUT2D eigenvalue weighted by molar-refractivity contribution is 8.14. The van der Waals surface area contributed by atoms with Gasteiger partial charge in [0.2, 0.25) is 0 Å². The van der Waals surface area contributed by atoms with Crippen molar-refractivity contribution in [3.05, 3.63) is 58.9 Å². The van der Waals surface area contributed by atoms with Crippen LogP contribution in [0.3, 0.4) is 0 Å². The van der Waals surface area contributed by atoms with Gasteiger partial charge >= 0.3 is 0 Å². The number of fused-ring (bicyclic) bond motifs is 1. The summed E-state index contributed by atoms with van der Waals surface area (Å²) in [5.41, 5.74) is 2.01. The van der Waals surface area contributed by atoms with Gasteiger partial charge in [-0.3, -0.25) is 9.98 Å². The average molecular weight is 346 g/mol. The lowest BCUT2D eigenvalue weighted by Crippen LogP contribution is -2.28. The zero-order valence-corrected chi connectivity index (χ0v) is 14.1. The molecule has 2 aliphatic heterocycles. The number of rotatable bonds is 2. The highest BCUT2D eigenvalue weighted by Crippen LogP contribution is 2.48. The monoisotopic (exact) mass is 345 g/mol. The number of nitrogens with zero attached hydrogens (tertiary/aromatic N) is 3. The van der Waals surface area contributed by atoms with Crippen molar-refractivity contribution in [1.82, 2.24) is 9.88 Å². The van der Waals surface area contributed by atoms with Crippen molar-refractivity contribution >= 4 is 28.5 Å². The van der Waals surface area contributed by atoms with Gasteiger partial charge in [0, 0.05) is 18.0 Å². The van der Waals surface area contributed by atoms with Gasteiger partial charge in [-0.15, -0.1) is 0 Å². The van der Waals surface area contributed by atoms with Gasteiger partial charge in [-0.25, -0.2) is 0 Å². The normalized spacial score (nSPS) is 26.3. The molecule has 0 aliphatic carbocycles. The zero-order valence-electron chi connectivity index (χ0n) is 12.6. The molecular weight excluding hydrogens is 330 g/mol. The summed E-state index contributed by atoms with van der Waals surface area (Å²) in [5, 5.41) is 11.7. The van der Waals surface area contributed by atoms with Gasteiger partial charge in [-0.2, -0.15) is 0 Å². The fourth-order valence-corrected chi connectivity index (χ4v) is 4.47. The Kier molecular flexibility index (Phi) is 3.70. The van der Waals surface area contributed by atoms with E-state index in [0.717, 1.165) is 23.0 Å². The smallest absolute Gasteiger partial charge is 0.160 e. The molecular formula is C17H16ClN3OS. The number of phenols is 1. The van der Waals surface area contributed by atoms with Crippen LogP contribution in [0.2, 0.25) is 5.02 Å². The van der Waals surface area contributed by atoms with Crippen LogP contribution in [0, 0.1) is 0 Å². The van der Waals surface area contributed by atoms with E-state index in [1.54, 1.807) is 24.0 Å². The van der Waals surface area contributed by atoms with Gasteiger partial charge in [0.05, 0.1) is 16.8 Å². The lowest BCUT2D eigenvalue weighted by Gasteiger charge is -2.27. The van der Waals surface area contributed by atoms with E-state index in [0.29, 0.717) is 10.3 Å². The molecule has 1 saturated heterocycles. The third kappa shape index (κ3) is 2.58. The van der Waals surface area contributed by atoms with Crippen LogP contribution in [0.25, 0.3) is 0 Å². The van der Waals surface area contributed by atoms with Gasteiger partial charge in [-0.05, 0) is 29.8 Å². The van der Waals surface area contributed by atoms with Crippen molar-refractivity contribution in [1.29, 1.82) is 0 Å². The van der Waals surface area contributed by atoms with Gasteiger partial charge < -0.3 is 10.0 Å². The van der Waals surface area contributed by atoms with Crippen LogP contribution in [0.5, 0.6) is 5.75 Å². The highest BCUT2D eigenvalue weighted by atomic mass is 35.5. The van der Waals surface area contributed by atoms with Crippen LogP contribution < -0.4 is 0 Å². The number of pyridine rings is 1. The van der Waals surface area contributed by atoms with Crippen LogP contribution in [-0.2, 0) is 0 Å². The molecule has 23 heavy (non-hydrogen) atoms. The minimum atomic E-state index is -0.0493. The molecule has 3 heterocycles. The number of benzene rings is 1. The van der Waals surface area contributed by atoms with Gasteiger partial charge in [0.15, 0.2) is 5.17 Å². The molecule has 1 N–H and O–H groups in total. The van der Waals surface area contributed by atoms with E-state index in [2.05, 4.69) is 16.8 Å². The third-order valence-electron chi connectivity index (χ3n) is 4.19. The maximum Gasteiger partial charge on any atom is 0.160 e. The predicted molar refractivity (Wildman–Crippen MR) is 94.0 cm³/mol. The average Bonchev–Trinajstić information content (AvgIpc) is 3.07. The molecule has 1 aromatic carbocycles. The molecule has 0 spiro atoms. The number of hydrogen-bond acceptors (Lipinski definition) is 5. The van der Waals surface area contributed by atoms with E-state index in [4.69, 9.17) is 16.6 Å². The molecule has 118 valence electrons. The standard InChI is InChI=1S/C17H16ClN3OS/c1-10-9-21-16(11-5-6-14(22)12(18)8-11)15(20-17(21)23-10)13-4-2-3-7-19-13/h2-8,10,15-16,22H,9H2,1H3/t10-,15+,16-/m1/s1. The first-order chi connectivity index (χ1) is 11.1. The van der Waals surface area contributed by atoms with E-state index in [9.17, 15) is 5.11 Å². The molecule has 0 saturated carbocycles. The highest BCUT2D eigenvalue weighted by Gasteiger charge is 2.43. The van der Waals surface area contributed by atoms with Crippen molar-refractivity contribution in [2.24, 2.45) is 4.99 Å². The molecule has 0 amide bonds. The van der Waals surface area contributed by atoms with E-state index >= 15 is 0 Å². The number of aromatic hydroxyl groups is 1. The maximum absolute atomic E-state index is 9.71. The number of aromatic nitrogens is 1. The van der Waals surface area contributed by atoms with Crippen molar-refractivity contribution < 1.29 is 5.11 Å². The van der Waals surface area contributed by atoms with Gasteiger partial charge in [-0.1, -0.05) is 42.4 Å². The first kappa shape index (κ1) is 14.8. The Morgan fingerprint density at radius 1 is 1.30 bits per heavy atom. The van der Waals surface area contributed by atoms with Crippen LogP contribution >= 0.6 is 23.4 Å². The van der Waals surface area contributed by atoms with Gasteiger partial charge in [0.1, 0.15) is 11.8 Å². The first-order valence-electron chi connectivity index (χ1n) is 7.54. The van der Waals surface area contributed by atoms with Crippen molar-refractivity contribution in [3.63, 3.8) is 0 Å². The minimum Gasteiger partial charge on any atom is -0.506 e. The summed E-state index contributed by atoms with van der Waals surface area (Å²) in [6.07, 6.45) is 1.80. The fraction of sp³-hybridized carbons (Fsp3) is 0.294. The van der Waals surface area contributed by atoms with Crippen molar-refractivity contribution in [3.8, 4) is 5.75 Å². The van der Waals surface area contributed by atoms with Gasteiger partial charge in [0.25, 0.3) is 0 Å². The Morgan fingerprint density at radius 3 is 2.91 bits per heavy atom. The summed E-state index contributed by atoms with van der Waals surface area (Å²) in [4.78, 5) is 11.7. The van der Waals surface area contributed by atoms with Crippen LogP contribution in [0.15, 0.2) is 47.6 Å². The molecule has 4 rings (SSSR count). The van der Waals surface area contributed by atoms with Crippen molar-refractivity contribution in [2.45, 2.75) is 24.3 Å². The predicted octanol–water partition coefficient (Wildman–Crippen LogP) is 4.03. The second-order valence-electron chi connectivity index (χ2n) is 5.85. The summed E-state index contributed by atoms with van der Waals surface area (Å²) >= 11 is 7.94. The number of thioether (sulfide) groups is 1. The first-order valence-corrected chi connectivity index (χ1v) is 8.79. The lowest BCUT2D eigenvalue weighted by atomic mass is 9.96. The molecule has 4 nitrogen and oxygen atoms in total. The largest absolute Gasteiger partial charge is 0.506 e. The molecule has 0 radical (unpaired) electrons.